The normalized spacial score (nSPS) is 10.0. The van der Waals surface area contributed by atoms with E-state index in [0.717, 1.165) is 16.9 Å². The van der Waals surface area contributed by atoms with Crippen molar-refractivity contribution >= 4 is 28.8 Å². The van der Waals surface area contributed by atoms with Gasteiger partial charge in [0.1, 0.15) is 17.3 Å². The van der Waals surface area contributed by atoms with Crippen molar-refractivity contribution in [1.29, 1.82) is 0 Å². The Kier molecular flexibility index (Phi) is 5.16. The maximum atomic E-state index is 5.32. The Morgan fingerprint density at radius 2 is 1.59 bits per heavy atom. The molecule has 0 aliphatic heterocycles. The number of benzene rings is 1. The van der Waals surface area contributed by atoms with Crippen molar-refractivity contribution in [3.8, 4) is 11.5 Å². The summed E-state index contributed by atoms with van der Waals surface area (Å²) in [6.07, 6.45) is 0. The number of rotatable bonds is 4. The number of nitrogens with one attached hydrogen (secondary N) is 2. The number of hydrogen-bond donors (Lipinski definition) is 2. The maximum Gasteiger partial charge on any atom is 0.176 e. The lowest BCUT2D eigenvalue weighted by Gasteiger charge is -2.13. The summed E-state index contributed by atoms with van der Waals surface area (Å²) >= 11 is 5.32. The number of pyridine rings is 1. The van der Waals surface area contributed by atoms with Crippen molar-refractivity contribution in [2.45, 2.75) is 13.8 Å². The average molecular weight is 317 g/mol. The van der Waals surface area contributed by atoms with Crippen LogP contribution in [0.4, 0.5) is 11.5 Å². The molecule has 0 bridgehead atoms. The molecular weight excluding hydrogens is 298 g/mol. The molecule has 2 rings (SSSR count). The van der Waals surface area contributed by atoms with Crippen LogP contribution in [-0.2, 0) is 0 Å². The van der Waals surface area contributed by atoms with Crippen LogP contribution in [0.15, 0.2) is 30.3 Å². The first-order valence-corrected chi connectivity index (χ1v) is 7.17. The van der Waals surface area contributed by atoms with Crippen LogP contribution in [-0.4, -0.2) is 24.3 Å². The van der Waals surface area contributed by atoms with Crippen LogP contribution >= 0.6 is 12.2 Å². The standard InChI is InChI=1S/C16H19N3O2S/c1-10-5-11(2)17-15(6-10)19-16(22)18-12-7-13(20-3)9-14(8-12)21-4/h5-9H,1-4H3,(H2,17,18,19,22). The molecule has 0 aliphatic carbocycles. The summed E-state index contributed by atoms with van der Waals surface area (Å²) in [6.45, 7) is 3.96. The van der Waals surface area contributed by atoms with Crippen molar-refractivity contribution < 1.29 is 9.47 Å². The SMILES string of the molecule is COc1cc(NC(=S)Nc2cc(C)cc(C)n2)cc(OC)c1. The Balaban J connectivity index is 2.11. The van der Waals surface area contributed by atoms with E-state index in [2.05, 4.69) is 15.6 Å². The van der Waals surface area contributed by atoms with Gasteiger partial charge in [-0.3, -0.25) is 0 Å². The molecule has 5 nitrogen and oxygen atoms in total. The molecule has 2 aromatic rings. The first-order chi connectivity index (χ1) is 10.5. The number of methoxy groups -OCH3 is 2. The molecule has 0 amide bonds. The minimum Gasteiger partial charge on any atom is -0.497 e. The van der Waals surface area contributed by atoms with E-state index >= 15 is 0 Å². The molecule has 6 heteroatoms. The molecule has 116 valence electrons. The second kappa shape index (κ2) is 7.09. The third kappa shape index (κ3) is 4.33. The van der Waals surface area contributed by atoms with Crippen LogP contribution in [0.25, 0.3) is 0 Å². The van der Waals surface area contributed by atoms with E-state index < -0.39 is 0 Å². The van der Waals surface area contributed by atoms with Gasteiger partial charge in [-0.2, -0.15) is 0 Å². The van der Waals surface area contributed by atoms with E-state index in [1.807, 2.05) is 38.1 Å². The van der Waals surface area contributed by atoms with Gasteiger partial charge in [0, 0.05) is 29.6 Å². The molecule has 0 spiro atoms. The predicted molar refractivity (Wildman–Crippen MR) is 93.1 cm³/mol. The number of ether oxygens (including phenoxy) is 2. The molecule has 0 atom stereocenters. The highest BCUT2D eigenvalue weighted by Gasteiger charge is 2.05. The van der Waals surface area contributed by atoms with Crippen LogP contribution in [0.5, 0.6) is 11.5 Å². The lowest BCUT2D eigenvalue weighted by molar-refractivity contribution is 0.395. The van der Waals surface area contributed by atoms with Crippen molar-refractivity contribution in [3.05, 3.63) is 41.6 Å². The number of hydrogen-bond acceptors (Lipinski definition) is 4. The molecular formula is C16H19N3O2S. The minimum atomic E-state index is 0.452. The quantitative estimate of drug-likeness (QED) is 0.842. The van der Waals surface area contributed by atoms with Gasteiger partial charge in [-0.25, -0.2) is 4.98 Å². The number of aromatic nitrogens is 1. The van der Waals surface area contributed by atoms with Gasteiger partial charge in [-0.05, 0) is 43.8 Å². The summed E-state index contributed by atoms with van der Waals surface area (Å²) in [7, 11) is 3.21. The highest BCUT2D eigenvalue weighted by molar-refractivity contribution is 7.80. The number of thiocarbonyl (C=S) groups is 1. The summed E-state index contributed by atoms with van der Waals surface area (Å²) in [5.74, 6) is 2.09. The number of anilines is 2. The molecule has 1 aromatic heterocycles. The van der Waals surface area contributed by atoms with Crippen LogP contribution in [0.3, 0.4) is 0 Å². The van der Waals surface area contributed by atoms with Gasteiger partial charge in [-0.1, -0.05) is 0 Å². The van der Waals surface area contributed by atoms with E-state index in [-0.39, 0.29) is 0 Å². The Hall–Kier alpha value is -2.34. The first kappa shape index (κ1) is 16.0. The van der Waals surface area contributed by atoms with Crippen molar-refractivity contribution in [2.75, 3.05) is 24.9 Å². The summed E-state index contributed by atoms with van der Waals surface area (Å²) in [5.41, 5.74) is 2.84. The third-order valence-electron chi connectivity index (χ3n) is 2.95. The lowest BCUT2D eigenvalue weighted by Crippen LogP contribution is -2.20. The van der Waals surface area contributed by atoms with E-state index in [4.69, 9.17) is 21.7 Å². The Bertz CT molecular complexity index is 647. The van der Waals surface area contributed by atoms with Gasteiger partial charge in [0.05, 0.1) is 14.2 Å². The van der Waals surface area contributed by atoms with Crippen molar-refractivity contribution in [1.82, 2.24) is 4.98 Å². The second-order valence-electron chi connectivity index (χ2n) is 4.85. The molecule has 0 unspecified atom stereocenters. The van der Waals surface area contributed by atoms with Crippen LogP contribution < -0.4 is 20.1 Å². The van der Waals surface area contributed by atoms with Crippen LogP contribution in [0.2, 0.25) is 0 Å². The van der Waals surface area contributed by atoms with E-state index in [9.17, 15) is 0 Å². The number of nitrogens with zero attached hydrogens (tertiary/aromatic N) is 1. The first-order valence-electron chi connectivity index (χ1n) is 6.76. The van der Waals surface area contributed by atoms with Crippen LogP contribution in [0, 0.1) is 13.8 Å². The second-order valence-corrected chi connectivity index (χ2v) is 5.26. The molecule has 22 heavy (non-hydrogen) atoms. The third-order valence-corrected chi connectivity index (χ3v) is 3.15. The van der Waals surface area contributed by atoms with Gasteiger partial charge in [0.2, 0.25) is 0 Å². The van der Waals surface area contributed by atoms with Crippen LogP contribution in [0.1, 0.15) is 11.3 Å². The lowest BCUT2D eigenvalue weighted by atomic mass is 10.2. The monoisotopic (exact) mass is 317 g/mol. The molecule has 0 aliphatic rings. The smallest absolute Gasteiger partial charge is 0.176 e. The fourth-order valence-corrected chi connectivity index (χ4v) is 2.29. The highest BCUT2D eigenvalue weighted by atomic mass is 32.1. The summed E-state index contributed by atoms with van der Waals surface area (Å²) < 4.78 is 10.5. The highest BCUT2D eigenvalue weighted by Crippen LogP contribution is 2.25. The average Bonchev–Trinajstić information content (AvgIpc) is 2.45. The fraction of sp³-hybridized carbons (Fsp3) is 0.250. The molecule has 0 radical (unpaired) electrons. The van der Waals surface area contributed by atoms with Crippen molar-refractivity contribution in [3.63, 3.8) is 0 Å². The molecule has 1 aromatic carbocycles. The summed E-state index contributed by atoms with van der Waals surface area (Å²) in [4.78, 5) is 4.40. The maximum absolute atomic E-state index is 5.32. The molecule has 2 N–H and O–H groups in total. The Labute approximate surface area is 135 Å². The zero-order valence-electron chi connectivity index (χ0n) is 13.1. The largest absolute Gasteiger partial charge is 0.497 e. The Morgan fingerprint density at radius 1 is 0.955 bits per heavy atom. The van der Waals surface area contributed by atoms with Gasteiger partial charge >= 0.3 is 0 Å². The van der Waals surface area contributed by atoms with E-state index in [1.165, 1.54) is 0 Å². The topological polar surface area (TPSA) is 55.4 Å². The van der Waals surface area contributed by atoms with Gasteiger partial charge in [0.25, 0.3) is 0 Å². The van der Waals surface area contributed by atoms with Gasteiger partial charge in [0.15, 0.2) is 5.11 Å². The molecule has 0 saturated carbocycles. The molecule has 0 saturated heterocycles. The molecule has 1 heterocycles. The molecule has 0 fully saturated rings. The summed E-state index contributed by atoms with van der Waals surface area (Å²) in [6, 6.07) is 9.42. The minimum absolute atomic E-state index is 0.452. The van der Waals surface area contributed by atoms with E-state index in [0.29, 0.717) is 22.4 Å². The summed E-state index contributed by atoms with van der Waals surface area (Å²) in [5, 5.41) is 6.63. The Morgan fingerprint density at radius 3 is 2.14 bits per heavy atom. The zero-order chi connectivity index (χ0) is 16.1. The van der Waals surface area contributed by atoms with E-state index in [1.54, 1.807) is 20.3 Å². The van der Waals surface area contributed by atoms with Gasteiger partial charge in [-0.15, -0.1) is 0 Å². The number of aryl methyl sites for hydroxylation is 2. The van der Waals surface area contributed by atoms with Crippen molar-refractivity contribution in [2.24, 2.45) is 0 Å². The zero-order valence-corrected chi connectivity index (χ0v) is 13.9. The van der Waals surface area contributed by atoms with Gasteiger partial charge < -0.3 is 20.1 Å². The fourth-order valence-electron chi connectivity index (χ4n) is 2.06. The predicted octanol–water partition coefficient (Wildman–Crippen LogP) is 3.52.